The minimum atomic E-state index is 0.259. The van der Waals surface area contributed by atoms with Gasteiger partial charge in [0.1, 0.15) is 5.75 Å². The highest BCUT2D eigenvalue weighted by Crippen LogP contribution is 2.26. The lowest BCUT2D eigenvalue weighted by Gasteiger charge is -2.34. The Kier molecular flexibility index (Phi) is 9.05. The molecule has 0 spiro atoms. The average Bonchev–Trinajstić information content (AvgIpc) is 2.79. The molecule has 29 heavy (non-hydrogen) atoms. The van der Waals surface area contributed by atoms with Gasteiger partial charge in [0.25, 0.3) is 0 Å². The maximum atomic E-state index is 6.16. The molecule has 0 bridgehead atoms. The first-order chi connectivity index (χ1) is 14.3. The van der Waals surface area contributed by atoms with Crippen LogP contribution in [0.2, 0.25) is 0 Å². The van der Waals surface area contributed by atoms with Crippen molar-refractivity contribution >= 4 is 5.96 Å². The van der Waals surface area contributed by atoms with Gasteiger partial charge in [-0.15, -0.1) is 0 Å². The van der Waals surface area contributed by atoms with Crippen molar-refractivity contribution in [3.63, 3.8) is 0 Å². The number of guanidine groups is 1. The van der Waals surface area contributed by atoms with Crippen molar-refractivity contribution in [2.45, 2.75) is 31.7 Å². The molecule has 0 saturated carbocycles. The number of ether oxygens (including phenoxy) is 2. The van der Waals surface area contributed by atoms with Crippen LogP contribution in [-0.2, 0) is 4.74 Å². The zero-order valence-electron chi connectivity index (χ0n) is 17.8. The van der Waals surface area contributed by atoms with E-state index in [2.05, 4.69) is 32.2 Å². The van der Waals surface area contributed by atoms with E-state index < -0.39 is 0 Å². The standard InChI is InChI=1S/C22H37N5O2/c1-28-20-8-6-19(7-9-20)21(27-12-3-2-4-13-27)18-25-22(23)24-10-5-11-26-14-16-29-17-15-26/h6-9,21H,2-5,10-18H2,1H3,(H3,23,24,25). The summed E-state index contributed by atoms with van der Waals surface area (Å²) < 4.78 is 10.7. The fourth-order valence-electron chi connectivity index (χ4n) is 4.07. The first-order valence-corrected chi connectivity index (χ1v) is 11.0. The van der Waals surface area contributed by atoms with Crippen LogP contribution in [0.5, 0.6) is 5.75 Å². The van der Waals surface area contributed by atoms with Crippen molar-refractivity contribution in [1.82, 2.24) is 15.1 Å². The minimum absolute atomic E-state index is 0.259. The van der Waals surface area contributed by atoms with E-state index in [1.54, 1.807) is 7.11 Å². The highest BCUT2D eigenvalue weighted by atomic mass is 16.5. The van der Waals surface area contributed by atoms with Crippen LogP contribution in [0.25, 0.3) is 0 Å². The zero-order chi connectivity index (χ0) is 20.3. The van der Waals surface area contributed by atoms with E-state index in [-0.39, 0.29) is 6.04 Å². The summed E-state index contributed by atoms with van der Waals surface area (Å²) in [6, 6.07) is 8.63. The third-order valence-electron chi connectivity index (χ3n) is 5.83. The van der Waals surface area contributed by atoms with Crippen molar-refractivity contribution < 1.29 is 9.47 Å². The summed E-state index contributed by atoms with van der Waals surface area (Å²) in [5.74, 6) is 1.43. The van der Waals surface area contributed by atoms with Crippen molar-refractivity contribution in [2.75, 3.05) is 66.1 Å². The lowest BCUT2D eigenvalue weighted by molar-refractivity contribution is 0.0376. The Morgan fingerprint density at radius 2 is 1.86 bits per heavy atom. The number of likely N-dealkylation sites (tertiary alicyclic amines) is 1. The van der Waals surface area contributed by atoms with Crippen molar-refractivity contribution in [3.05, 3.63) is 29.8 Å². The molecule has 2 fully saturated rings. The smallest absolute Gasteiger partial charge is 0.188 e. The second-order valence-electron chi connectivity index (χ2n) is 7.85. The van der Waals surface area contributed by atoms with Gasteiger partial charge in [0.05, 0.1) is 32.9 Å². The Morgan fingerprint density at radius 1 is 1.14 bits per heavy atom. The molecule has 2 aliphatic heterocycles. The van der Waals surface area contributed by atoms with Crippen molar-refractivity contribution in [3.8, 4) is 5.75 Å². The summed E-state index contributed by atoms with van der Waals surface area (Å²) >= 11 is 0. The summed E-state index contributed by atoms with van der Waals surface area (Å²) in [6.07, 6.45) is 4.89. The maximum Gasteiger partial charge on any atom is 0.188 e. The van der Waals surface area contributed by atoms with Crippen molar-refractivity contribution in [2.24, 2.45) is 10.7 Å². The molecular formula is C22H37N5O2. The lowest BCUT2D eigenvalue weighted by atomic mass is 10.0. The van der Waals surface area contributed by atoms with Gasteiger partial charge in [0.2, 0.25) is 0 Å². The fraction of sp³-hybridized carbons (Fsp3) is 0.682. The number of benzene rings is 1. The lowest BCUT2D eigenvalue weighted by Crippen LogP contribution is -2.39. The zero-order valence-corrected chi connectivity index (χ0v) is 17.8. The number of nitrogens with zero attached hydrogens (tertiary/aromatic N) is 3. The summed E-state index contributed by atoms with van der Waals surface area (Å²) in [7, 11) is 1.70. The fourth-order valence-corrected chi connectivity index (χ4v) is 4.07. The maximum absolute atomic E-state index is 6.16. The molecular weight excluding hydrogens is 366 g/mol. The molecule has 0 amide bonds. The molecule has 3 rings (SSSR count). The van der Waals surface area contributed by atoms with Gasteiger partial charge in [-0.05, 0) is 56.6 Å². The molecule has 1 atom stereocenters. The highest BCUT2D eigenvalue weighted by Gasteiger charge is 2.22. The number of hydrogen-bond donors (Lipinski definition) is 2. The van der Waals surface area contributed by atoms with E-state index in [1.165, 1.54) is 24.8 Å². The van der Waals surface area contributed by atoms with Gasteiger partial charge in [-0.3, -0.25) is 14.8 Å². The monoisotopic (exact) mass is 403 g/mol. The molecule has 0 aliphatic carbocycles. The summed E-state index contributed by atoms with van der Waals surface area (Å²) in [6.45, 7) is 8.61. The predicted molar refractivity (Wildman–Crippen MR) is 118 cm³/mol. The van der Waals surface area contributed by atoms with Gasteiger partial charge in [-0.25, -0.2) is 0 Å². The van der Waals surface area contributed by atoms with Crippen LogP contribution in [0.4, 0.5) is 0 Å². The van der Waals surface area contributed by atoms with Crippen molar-refractivity contribution in [1.29, 1.82) is 0 Å². The molecule has 7 nitrogen and oxygen atoms in total. The molecule has 2 saturated heterocycles. The molecule has 2 aliphatic rings. The molecule has 3 N–H and O–H groups in total. The second-order valence-corrected chi connectivity index (χ2v) is 7.85. The third-order valence-corrected chi connectivity index (χ3v) is 5.83. The molecule has 1 aromatic carbocycles. The molecule has 1 unspecified atom stereocenters. The molecule has 162 valence electrons. The van der Waals surface area contributed by atoms with Gasteiger partial charge in [0.15, 0.2) is 5.96 Å². The molecule has 7 heteroatoms. The van der Waals surface area contributed by atoms with E-state index in [0.29, 0.717) is 12.5 Å². The molecule has 0 radical (unpaired) electrons. The summed E-state index contributed by atoms with van der Waals surface area (Å²) in [5.41, 5.74) is 7.44. The number of nitrogens with two attached hydrogens (primary N) is 1. The van der Waals surface area contributed by atoms with Gasteiger partial charge in [-0.2, -0.15) is 0 Å². The second kappa shape index (κ2) is 12.0. The van der Waals surface area contributed by atoms with Crippen LogP contribution in [-0.4, -0.2) is 81.9 Å². The van der Waals surface area contributed by atoms with Crippen LogP contribution >= 0.6 is 0 Å². The van der Waals surface area contributed by atoms with E-state index >= 15 is 0 Å². The van der Waals surface area contributed by atoms with Crippen LogP contribution < -0.4 is 15.8 Å². The number of morpholine rings is 1. The van der Waals surface area contributed by atoms with Crippen LogP contribution in [0, 0.1) is 0 Å². The SMILES string of the molecule is COc1ccc(C(CN=C(N)NCCCN2CCOCC2)N2CCCCC2)cc1. The first-order valence-electron chi connectivity index (χ1n) is 11.0. The van der Waals surface area contributed by atoms with E-state index in [1.807, 2.05) is 12.1 Å². The minimum Gasteiger partial charge on any atom is -0.497 e. The van der Waals surface area contributed by atoms with Gasteiger partial charge < -0.3 is 20.5 Å². The van der Waals surface area contributed by atoms with Gasteiger partial charge >= 0.3 is 0 Å². The Labute approximate surface area is 175 Å². The van der Waals surface area contributed by atoms with Gasteiger partial charge in [0, 0.05) is 19.6 Å². The largest absolute Gasteiger partial charge is 0.497 e. The summed E-state index contributed by atoms with van der Waals surface area (Å²) in [4.78, 5) is 9.66. The average molecular weight is 404 g/mol. The number of methoxy groups -OCH3 is 1. The normalized spacial score (nSPS) is 20.4. The Bertz CT molecular complexity index is 610. The number of nitrogens with one attached hydrogen (secondary N) is 1. The Balaban J connectivity index is 1.50. The van der Waals surface area contributed by atoms with Gasteiger partial charge in [-0.1, -0.05) is 18.6 Å². The first kappa shape index (κ1) is 21.9. The van der Waals surface area contributed by atoms with E-state index in [9.17, 15) is 0 Å². The Morgan fingerprint density at radius 3 is 2.55 bits per heavy atom. The van der Waals surface area contributed by atoms with E-state index in [4.69, 9.17) is 15.2 Å². The van der Waals surface area contributed by atoms with Crippen LogP contribution in [0.1, 0.15) is 37.3 Å². The number of aliphatic imine (C=N–C) groups is 1. The molecule has 2 heterocycles. The predicted octanol–water partition coefficient (Wildman–Crippen LogP) is 1.85. The van der Waals surface area contributed by atoms with E-state index in [0.717, 1.165) is 64.7 Å². The number of hydrogen-bond acceptors (Lipinski definition) is 5. The summed E-state index contributed by atoms with van der Waals surface area (Å²) in [5, 5.41) is 3.28. The third kappa shape index (κ3) is 7.17. The quantitative estimate of drug-likeness (QED) is 0.372. The van der Waals surface area contributed by atoms with Crippen LogP contribution in [0.3, 0.4) is 0 Å². The molecule has 1 aromatic rings. The van der Waals surface area contributed by atoms with Crippen LogP contribution in [0.15, 0.2) is 29.3 Å². The highest BCUT2D eigenvalue weighted by molar-refractivity contribution is 5.77. The topological polar surface area (TPSA) is 75.3 Å². The number of rotatable bonds is 9. The number of piperidine rings is 1. The Hall–Kier alpha value is -1.83. The molecule has 0 aromatic heterocycles.